The van der Waals surface area contributed by atoms with Crippen LogP contribution in [0.3, 0.4) is 0 Å². The van der Waals surface area contributed by atoms with E-state index in [0.29, 0.717) is 18.0 Å². The van der Waals surface area contributed by atoms with Gasteiger partial charge in [-0.25, -0.2) is 8.42 Å². The second kappa shape index (κ2) is 5.21. The SMILES string of the molecule is Cc1ccc(C)c(S(=O)(=O)N2CCc3c(C)nn(C)c3C2)c1. The van der Waals surface area contributed by atoms with Crippen molar-refractivity contribution in [3.8, 4) is 0 Å². The first-order valence-corrected chi connectivity index (χ1v) is 8.83. The number of sulfonamides is 1. The van der Waals surface area contributed by atoms with Crippen LogP contribution in [0.2, 0.25) is 0 Å². The van der Waals surface area contributed by atoms with Gasteiger partial charge in [0.2, 0.25) is 10.0 Å². The molecule has 0 aliphatic carbocycles. The van der Waals surface area contributed by atoms with Crippen LogP contribution in [-0.2, 0) is 30.0 Å². The van der Waals surface area contributed by atoms with Crippen molar-refractivity contribution in [1.29, 1.82) is 0 Å². The number of fused-ring (bicyclic) bond motifs is 1. The Labute approximate surface area is 131 Å². The summed E-state index contributed by atoms with van der Waals surface area (Å²) in [5, 5.41) is 4.41. The molecule has 0 saturated heterocycles. The number of hydrogen-bond acceptors (Lipinski definition) is 3. The molecule has 0 radical (unpaired) electrons. The van der Waals surface area contributed by atoms with Crippen molar-refractivity contribution in [1.82, 2.24) is 14.1 Å². The van der Waals surface area contributed by atoms with Crippen molar-refractivity contribution in [3.63, 3.8) is 0 Å². The second-order valence-corrected chi connectivity index (χ2v) is 7.90. The maximum atomic E-state index is 13.0. The first-order chi connectivity index (χ1) is 10.3. The normalized spacial score (nSPS) is 15.8. The van der Waals surface area contributed by atoms with Crippen LogP contribution in [0, 0.1) is 20.8 Å². The molecular formula is C16H21N3O2S. The molecule has 1 aliphatic heterocycles. The van der Waals surface area contributed by atoms with Crippen molar-refractivity contribution in [2.24, 2.45) is 7.05 Å². The Balaban J connectivity index is 2.01. The van der Waals surface area contributed by atoms with E-state index in [1.54, 1.807) is 15.1 Å². The Kier molecular flexibility index (Phi) is 3.61. The molecule has 0 fully saturated rings. The summed E-state index contributed by atoms with van der Waals surface area (Å²) in [7, 11) is -1.60. The molecule has 0 amide bonds. The van der Waals surface area contributed by atoms with Crippen LogP contribution in [0.25, 0.3) is 0 Å². The minimum atomic E-state index is -3.47. The molecule has 0 saturated carbocycles. The fourth-order valence-electron chi connectivity index (χ4n) is 3.08. The molecule has 5 nitrogen and oxygen atoms in total. The average Bonchev–Trinajstić information content (AvgIpc) is 2.76. The van der Waals surface area contributed by atoms with Gasteiger partial charge in [0.15, 0.2) is 0 Å². The third kappa shape index (κ3) is 2.36. The standard InChI is InChI=1S/C16H21N3O2S/c1-11-5-6-12(2)16(9-11)22(20,21)19-8-7-14-13(3)17-18(4)15(14)10-19/h5-6,9H,7-8,10H2,1-4H3. The molecule has 6 heteroatoms. The Morgan fingerprint density at radius 1 is 1.18 bits per heavy atom. The highest BCUT2D eigenvalue weighted by Gasteiger charge is 2.31. The summed E-state index contributed by atoms with van der Waals surface area (Å²) in [5.41, 5.74) is 4.93. The highest BCUT2D eigenvalue weighted by Crippen LogP contribution is 2.28. The molecular weight excluding hydrogens is 298 g/mol. The average molecular weight is 319 g/mol. The van der Waals surface area contributed by atoms with Gasteiger partial charge in [0.1, 0.15) is 0 Å². The molecule has 0 N–H and O–H groups in total. The molecule has 2 aromatic rings. The van der Waals surface area contributed by atoms with Gasteiger partial charge in [-0.05, 0) is 49.9 Å². The van der Waals surface area contributed by atoms with Crippen molar-refractivity contribution >= 4 is 10.0 Å². The zero-order valence-electron chi connectivity index (χ0n) is 13.4. The summed E-state index contributed by atoms with van der Waals surface area (Å²) < 4.78 is 29.3. The van der Waals surface area contributed by atoms with Crippen LogP contribution in [-0.4, -0.2) is 29.0 Å². The molecule has 1 aliphatic rings. The smallest absolute Gasteiger partial charge is 0.243 e. The second-order valence-electron chi connectivity index (χ2n) is 5.99. The topological polar surface area (TPSA) is 55.2 Å². The fraction of sp³-hybridized carbons (Fsp3) is 0.438. The molecule has 0 atom stereocenters. The predicted octanol–water partition coefficient (Wildman–Crippen LogP) is 2.09. The van der Waals surface area contributed by atoms with Crippen LogP contribution < -0.4 is 0 Å². The zero-order chi connectivity index (χ0) is 16.1. The van der Waals surface area contributed by atoms with E-state index in [1.807, 2.05) is 40.0 Å². The summed E-state index contributed by atoms with van der Waals surface area (Å²) in [4.78, 5) is 0.412. The van der Waals surface area contributed by atoms with Gasteiger partial charge < -0.3 is 0 Å². The molecule has 2 heterocycles. The van der Waals surface area contributed by atoms with Gasteiger partial charge >= 0.3 is 0 Å². The zero-order valence-corrected chi connectivity index (χ0v) is 14.2. The Morgan fingerprint density at radius 2 is 1.91 bits per heavy atom. The number of hydrogen-bond donors (Lipinski definition) is 0. The quantitative estimate of drug-likeness (QED) is 0.852. The monoisotopic (exact) mass is 319 g/mol. The van der Waals surface area contributed by atoms with Gasteiger partial charge in [-0.2, -0.15) is 9.40 Å². The summed E-state index contributed by atoms with van der Waals surface area (Å²) >= 11 is 0. The summed E-state index contributed by atoms with van der Waals surface area (Å²) in [6.07, 6.45) is 0.721. The lowest BCUT2D eigenvalue weighted by Gasteiger charge is -2.27. The van der Waals surface area contributed by atoms with Gasteiger partial charge in [-0.3, -0.25) is 4.68 Å². The number of aromatic nitrogens is 2. The fourth-order valence-corrected chi connectivity index (χ4v) is 4.80. The van der Waals surface area contributed by atoms with Gasteiger partial charge in [0, 0.05) is 13.6 Å². The van der Waals surface area contributed by atoms with Crippen LogP contribution in [0.5, 0.6) is 0 Å². The molecule has 1 aromatic carbocycles. The van der Waals surface area contributed by atoms with E-state index in [4.69, 9.17) is 0 Å². The minimum absolute atomic E-state index is 0.391. The Hall–Kier alpha value is -1.66. The number of rotatable bonds is 2. The number of nitrogens with zero attached hydrogens (tertiary/aromatic N) is 3. The van der Waals surface area contributed by atoms with Crippen molar-refractivity contribution in [2.45, 2.75) is 38.6 Å². The highest BCUT2D eigenvalue weighted by molar-refractivity contribution is 7.89. The first kappa shape index (κ1) is 15.2. The van der Waals surface area contributed by atoms with E-state index < -0.39 is 10.0 Å². The maximum Gasteiger partial charge on any atom is 0.243 e. The first-order valence-electron chi connectivity index (χ1n) is 7.39. The third-order valence-electron chi connectivity index (χ3n) is 4.37. The minimum Gasteiger partial charge on any atom is -0.271 e. The molecule has 0 spiro atoms. The molecule has 118 valence electrons. The van der Waals surface area contributed by atoms with Crippen molar-refractivity contribution < 1.29 is 8.42 Å². The number of benzene rings is 1. The van der Waals surface area contributed by atoms with Gasteiger partial charge in [-0.1, -0.05) is 12.1 Å². The van der Waals surface area contributed by atoms with E-state index in [9.17, 15) is 8.42 Å². The van der Waals surface area contributed by atoms with Crippen molar-refractivity contribution in [3.05, 3.63) is 46.3 Å². The van der Waals surface area contributed by atoms with Gasteiger partial charge in [0.05, 0.1) is 22.8 Å². The van der Waals surface area contributed by atoms with E-state index in [2.05, 4.69) is 5.10 Å². The molecule has 3 rings (SSSR count). The largest absolute Gasteiger partial charge is 0.271 e. The Bertz CT molecular complexity index is 837. The molecule has 0 bridgehead atoms. The van der Waals surface area contributed by atoms with Gasteiger partial charge in [-0.15, -0.1) is 0 Å². The third-order valence-corrected chi connectivity index (χ3v) is 6.36. The van der Waals surface area contributed by atoms with Crippen LogP contribution in [0.4, 0.5) is 0 Å². The van der Waals surface area contributed by atoms with Gasteiger partial charge in [0.25, 0.3) is 0 Å². The number of aryl methyl sites for hydroxylation is 4. The van der Waals surface area contributed by atoms with Crippen LogP contribution in [0.15, 0.2) is 23.1 Å². The van der Waals surface area contributed by atoms with Crippen LogP contribution >= 0.6 is 0 Å². The molecule has 1 aromatic heterocycles. The molecule has 0 unspecified atom stereocenters. The highest BCUT2D eigenvalue weighted by atomic mass is 32.2. The summed E-state index contributed by atoms with van der Waals surface area (Å²) in [6, 6.07) is 5.56. The van der Waals surface area contributed by atoms with E-state index in [1.165, 1.54) is 5.56 Å². The lowest BCUT2D eigenvalue weighted by atomic mass is 10.1. The van der Waals surface area contributed by atoms with Crippen LogP contribution in [0.1, 0.15) is 28.1 Å². The lowest BCUT2D eigenvalue weighted by Crippen LogP contribution is -2.37. The van der Waals surface area contributed by atoms with E-state index in [0.717, 1.165) is 28.9 Å². The lowest BCUT2D eigenvalue weighted by molar-refractivity contribution is 0.379. The predicted molar refractivity (Wildman–Crippen MR) is 85.2 cm³/mol. The van der Waals surface area contributed by atoms with E-state index in [-0.39, 0.29) is 0 Å². The Morgan fingerprint density at radius 3 is 2.64 bits per heavy atom. The van der Waals surface area contributed by atoms with E-state index >= 15 is 0 Å². The van der Waals surface area contributed by atoms with Crippen molar-refractivity contribution in [2.75, 3.05) is 6.54 Å². The molecule has 22 heavy (non-hydrogen) atoms. The maximum absolute atomic E-state index is 13.0. The summed E-state index contributed by atoms with van der Waals surface area (Å²) in [5.74, 6) is 0. The summed E-state index contributed by atoms with van der Waals surface area (Å²) in [6.45, 7) is 6.64.